The Balaban J connectivity index is 1.42. The summed E-state index contributed by atoms with van der Waals surface area (Å²) in [5.41, 5.74) is 0.769. The molecule has 0 bridgehead atoms. The van der Waals surface area contributed by atoms with E-state index in [2.05, 4.69) is 10.3 Å². The molecular weight excluding hydrogens is 364 g/mol. The van der Waals surface area contributed by atoms with E-state index in [1.165, 1.54) is 11.3 Å². The summed E-state index contributed by atoms with van der Waals surface area (Å²) in [6, 6.07) is 18.4. The van der Waals surface area contributed by atoms with E-state index in [9.17, 15) is 4.79 Å². The van der Waals surface area contributed by atoms with Gasteiger partial charge in [0.2, 0.25) is 0 Å². The van der Waals surface area contributed by atoms with Gasteiger partial charge in [-0.1, -0.05) is 29.5 Å². The second kappa shape index (κ2) is 7.51. The van der Waals surface area contributed by atoms with Crippen LogP contribution >= 0.6 is 11.3 Å². The number of methoxy groups -OCH3 is 1. The first-order valence-electron chi connectivity index (χ1n) is 8.24. The summed E-state index contributed by atoms with van der Waals surface area (Å²) in [6.07, 6.45) is 0. The number of anilines is 1. The normalized spacial score (nSPS) is 10.7. The van der Waals surface area contributed by atoms with E-state index in [0.717, 1.165) is 21.7 Å². The van der Waals surface area contributed by atoms with Crippen LogP contribution in [0.2, 0.25) is 0 Å². The van der Waals surface area contributed by atoms with Crippen molar-refractivity contribution in [1.29, 1.82) is 0 Å². The number of nitrogens with zero attached hydrogens (tertiary/aromatic N) is 1. The standard InChI is InChI=1S/C20H16N2O4S/c1-24-14-8-10-18-16(11-14)21-20(27-18)22-19(23)17-9-7-15(26-17)12-25-13-5-3-2-4-6-13/h2-11H,12H2,1H3,(H,21,22,23). The number of nitrogens with one attached hydrogen (secondary N) is 1. The van der Waals surface area contributed by atoms with Crippen LogP contribution in [0.5, 0.6) is 11.5 Å². The van der Waals surface area contributed by atoms with Crippen LogP contribution in [-0.2, 0) is 6.61 Å². The predicted molar refractivity (Wildman–Crippen MR) is 104 cm³/mol. The molecular formula is C20H16N2O4S. The van der Waals surface area contributed by atoms with Crippen LogP contribution in [0, 0.1) is 0 Å². The zero-order chi connectivity index (χ0) is 18.6. The molecule has 2 aromatic carbocycles. The minimum atomic E-state index is -0.355. The third-order valence-electron chi connectivity index (χ3n) is 3.82. The van der Waals surface area contributed by atoms with Gasteiger partial charge in [0.25, 0.3) is 5.91 Å². The van der Waals surface area contributed by atoms with E-state index in [-0.39, 0.29) is 18.3 Å². The Hall–Kier alpha value is -3.32. The molecule has 0 radical (unpaired) electrons. The van der Waals surface area contributed by atoms with Crippen molar-refractivity contribution in [2.24, 2.45) is 0 Å². The number of para-hydroxylation sites is 1. The summed E-state index contributed by atoms with van der Waals surface area (Å²) < 4.78 is 17.3. The Labute approximate surface area is 159 Å². The molecule has 4 rings (SSSR count). The summed E-state index contributed by atoms with van der Waals surface area (Å²) in [5, 5.41) is 3.27. The molecule has 2 aromatic heterocycles. The van der Waals surface area contributed by atoms with Crippen LogP contribution in [-0.4, -0.2) is 18.0 Å². The Morgan fingerprint density at radius 2 is 1.96 bits per heavy atom. The molecule has 0 aliphatic carbocycles. The molecule has 0 aliphatic rings. The molecule has 0 spiro atoms. The minimum Gasteiger partial charge on any atom is -0.497 e. The van der Waals surface area contributed by atoms with E-state index in [4.69, 9.17) is 13.9 Å². The van der Waals surface area contributed by atoms with Gasteiger partial charge in [-0.3, -0.25) is 10.1 Å². The number of carbonyl (C=O) groups excluding carboxylic acids is 1. The van der Waals surface area contributed by atoms with E-state index >= 15 is 0 Å². The number of benzene rings is 2. The number of hydrogen-bond acceptors (Lipinski definition) is 6. The van der Waals surface area contributed by atoms with Crippen molar-refractivity contribution >= 4 is 32.6 Å². The minimum absolute atomic E-state index is 0.207. The van der Waals surface area contributed by atoms with Crippen molar-refractivity contribution in [1.82, 2.24) is 4.98 Å². The van der Waals surface area contributed by atoms with Crippen LogP contribution in [0.15, 0.2) is 65.1 Å². The maximum atomic E-state index is 12.4. The molecule has 2 heterocycles. The van der Waals surface area contributed by atoms with E-state index in [0.29, 0.717) is 10.9 Å². The second-order valence-corrected chi connectivity index (χ2v) is 6.71. The van der Waals surface area contributed by atoms with Gasteiger partial charge in [-0.25, -0.2) is 4.98 Å². The van der Waals surface area contributed by atoms with Crippen molar-refractivity contribution < 1.29 is 18.7 Å². The van der Waals surface area contributed by atoms with Crippen LogP contribution in [0.4, 0.5) is 5.13 Å². The monoisotopic (exact) mass is 380 g/mol. The predicted octanol–water partition coefficient (Wildman–Crippen LogP) is 4.73. The van der Waals surface area contributed by atoms with E-state index in [1.807, 2.05) is 48.5 Å². The fourth-order valence-electron chi connectivity index (χ4n) is 2.50. The van der Waals surface area contributed by atoms with Gasteiger partial charge in [-0.2, -0.15) is 0 Å². The average Bonchev–Trinajstić information content (AvgIpc) is 3.33. The molecule has 1 amide bonds. The highest BCUT2D eigenvalue weighted by atomic mass is 32.1. The Morgan fingerprint density at radius 1 is 1.11 bits per heavy atom. The molecule has 27 heavy (non-hydrogen) atoms. The van der Waals surface area contributed by atoms with E-state index < -0.39 is 0 Å². The van der Waals surface area contributed by atoms with Gasteiger partial charge < -0.3 is 13.9 Å². The number of amides is 1. The smallest absolute Gasteiger partial charge is 0.293 e. The number of aromatic nitrogens is 1. The largest absolute Gasteiger partial charge is 0.497 e. The fraction of sp³-hybridized carbons (Fsp3) is 0.100. The summed E-state index contributed by atoms with van der Waals surface area (Å²) in [7, 11) is 1.60. The summed E-state index contributed by atoms with van der Waals surface area (Å²) in [6.45, 7) is 0.248. The lowest BCUT2D eigenvalue weighted by molar-refractivity contribution is 0.0992. The van der Waals surface area contributed by atoms with Crippen molar-refractivity contribution in [3.8, 4) is 11.5 Å². The molecule has 0 aliphatic heterocycles. The first kappa shape index (κ1) is 17.1. The molecule has 1 N–H and O–H groups in total. The average molecular weight is 380 g/mol. The zero-order valence-corrected chi connectivity index (χ0v) is 15.3. The molecule has 0 saturated carbocycles. The quantitative estimate of drug-likeness (QED) is 0.523. The van der Waals surface area contributed by atoms with Crippen molar-refractivity contribution in [2.75, 3.05) is 12.4 Å². The van der Waals surface area contributed by atoms with E-state index in [1.54, 1.807) is 19.2 Å². The van der Waals surface area contributed by atoms with Crippen molar-refractivity contribution in [2.45, 2.75) is 6.61 Å². The van der Waals surface area contributed by atoms with Gasteiger partial charge in [-0.15, -0.1) is 0 Å². The lowest BCUT2D eigenvalue weighted by Gasteiger charge is -2.03. The number of ether oxygens (including phenoxy) is 2. The van der Waals surface area contributed by atoms with Gasteiger partial charge in [0.1, 0.15) is 23.9 Å². The first-order chi connectivity index (χ1) is 13.2. The van der Waals surface area contributed by atoms with Crippen LogP contribution in [0.1, 0.15) is 16.3 Å². The Bertz CT molecular complexity index is 1070. The van der Waals surface area contributed by atoms with Crippen LogP contribution in [0.3, 0.4) is 0 Å². The lowest BCUT2D eigenvalue weighted by Crippen LogP contribution is -2.10. The lowest BCUT2D eigenvalue weighted by atomic mass is 10.3. The molecule has 7 heteroatoms. The Kier molecular flexibility index (Phi) is 4.76. The number of furan rings is 1. The number of carbonyl (C=O) groups is 1. The fourth-order valence-corrected chi connectivity index (χ4v) is 3.34. The third-order valence-corrected chi connectivity index (χ3v) is 4.78. The maximum Gasteiger partial charge on any atom is 0.293 e. The van der Waals surface area contributed by atoms with Crippen molar-refractivity contribution in [3.05, 3.63) is 72.2 Å². The van der Waals surface area contributed by atoms with Gasteiger partial charge in [0.15, 0.2) is 10.9 Å². The first-order valence-corrected chi connectivity index (χ1v) is 9.05. The zero-order valence-electron chi connectivity index (χ0n) is 14.5. The SMILES string of the molecule is COc1ccc2sc(NC(=O)c3ccc(COc4ccccc4)o3)nc2c1. The number of fused-ring (bicyclic) bond motifs is 1. The third kappa shape index (κ3) is 3.93. The topological polar surface area (TPSA) is 73.6 Å². The second-order valence-electron chi connectivity index (χ2n) is 5.67. The highest BCUT2D eigenvalue weighted by Crippen LogP contribution is 2.29. The van der Waals surface area contributed by atoms with Gasteiger partial charge in [0.05, 0.1) is 17.3 Å². The molecule has 0 unspecified atom stereocenters. The van der Waals surface area contributed by atoms with Gasteiger partial charge in [0, 0.05) is 6.07 Å². The highest BCUT2D eigenvalue weighted by Gasteiger charge is 2.14. The molecule has 4 aromatic rings. The van der Waals surface area contributed by atoms with Crippen molar-refractivity contribution in [3.63, 3.8) is 0 Å². The van der Waals surface area contributed by atoms with Gasteiger partial charge >= 0.3 is 0 Å². The number of hydrogen-bond donors (Lipinski definition) is 1. The van der Waals surface area contributed by atoms with Crippen LogP contribution in [0.25, 0.3) is 10.2 Å². The molecule has 0 fully saturated rings. The number of thiazole rings is 1. The summed E-state index contributed by atoms with van der Waals surface area (Å²) >= 11 is 1.39. The molecule has 6 nitrogen and oxygen atoms in total. The summed E-state index contributed by atoms with van der Waals surface area (Å²) in [5.74, 6) is 1.88. The molecule has 0 atom stereocenters. The molecule has 0 saturated heterocycles. The summed E-state index contributed by atoms with van der Waals surface area (Å²) in [4.78, 5) is 16.8. The number of rotatable bonds is 6. The molecule has 136 valence electrons. The van der Waals surface area contributed by atoms with Crippen LogP contribution < -0.4 is 14.8 Å². The van der Waals surface area contributed by atoms with Gasteiger partial charge in [-0.05, 0) is 36.4 Å². The Morgan fingerprint density at radius 3 is 2.78 bits per heavy atom. The maximum absolute atomic E-state index is 12.4. The highest BCUT2D eigenvalue weighted by molar-refractivity contribution is 7.22.